The zero-order valence-corrected chi connectivity index (χ0v) is 18.0. The predicted octanol–water partition coefficient (Wildman–Crippen LogP) is 2.84. The fourth-order valence-electron chi connectivity index (χ4n) is 4.26. The van der Waals surface area contributed by atoms with Crippen LogP contribution in [0.2, 0.25) is 0 Å². The Kier molecular flexibility index (Phi) is 7.59. The molecule has 0 aromatic heterocycles. The van der Waals surface area contributed by atoms with Gasteiger partial charge in [-0.3, -0.25) is 14.5 Å². The minimum atomic E-state index is -4.43. The van der Waals surface area contributed by atoms with E-state index in [0.29, 0.717) is 12.0 Å². The van der Waals surface area contributed by atoms with Crippen LogP contribution in [0.3, 0.4) is 0 Å². The third-order valence-corrected chi connectivity index (χ3v) is 6.15. The first-order valence-corrected chi connectivity index (χ1v) is 10.7. The van der Waals surface area contributed by atoms with Crippen LogP contribution in [0.4, 0.5) is 13.2 Å². The lowest BCUT2D eigenvalue weighted by Crippen LogP contribution is -2.48. The highest BCUT2D eigenvalue weighted by atomic mass is 19.4. The molecule has 1 aromatic rings. The lowest BCUT2D eigenvalue weighted by Gasteiger charge is -2.39. The fourth-order valence-corrected chi connectivity index (χ4v) is 4.26. The maximum absolute atomic E-state index is 13.1. The lowest BCUT2D eigenvalue weighted by atomic mass is 9.83. The van der Waals surface area contributed by atoms with Crippen molar-refractivity contribution >= 4 is 11.8 Å². The average molecular weight is 441 g/mol. The SMILES string of the molecule is CC(CCN1CCOCC1)NC(=O)C1CCC(=O)N(C)C1c1ccc(C(F)(F)F)cc1. The number of carbonyl (C=O) groups excluding carboxylic acids is 2. The van der Waals surface area contributed by atoms with Crippen molar-refractivity contribution in [2.75, 3.05) is 39.9 Å². The molecule has 3 unspecified atom stereocenters. The molecule has 0 radical (unpaired) electrons. The number of nitrogens with zero attached hydrogens (tertiary/aromatic N) is 2. The highest BCUT2D eigenvalue weighted by molar-refractivity contribution is 5.85. The Balaban J connectivity index is 1.67. The van der Waals surface area contributed by atoms with Crippen molar-refractivity contribution in [1.29, 1.82) is 0 Å². The minimum Gasteiger partial charge on any atom is -0.379 e. The molecule has 6 nitrogen and oxygen atoms in total. The van der Waals surface area contributed by atoms with Crippen LogP contribution in [0.25, 0.3) is 0 Å². The Morgan fingerprint density at radius 1 is 1.23 bits per heavy atom. The van der Waals surface area contributed by atoms with Gasteiger partial charge in [0, 0.05) is 39.1 Å². The van der Waals surface area contributed by atoms with Crippen LogP contribution in [0.5, 0.6) is 0 Å². The van der Waals surface area contributed by atoms with E-state index in [1.807, 2.05) is 6.92 Å². The van der Waals surface area contributed by atoms with Gasteiger partial charge in [-0.15, -0.1) is 0 Å². The third-order valence-electron chi connectivity index (χ3n) is 6.15. The van der Waals surface area contributed by atoms with Crippen molar-refractivity contribution < 1.29 is 27.5 Å². The van der Waals surface area contributed by atoms with E-state index in [0.717, 1.165) is 51.4 Å². The predicted molar refractivity (Wildman–Crippen MR) is 109 cm³/mol. The van der Waals surface area contributed by atoms with Crippen LogP contribution in [-0.2, 0) is 20.5 Å². The molecule has 1 N–H and O–H groups in total. The van der Waals surface area contributed by atoms with Crippen LogP contribution < -0.4 is 5.32 Å². The number of alkyl halides is 3. The second kappa shape index (κ2) is 9.99. The van der Waals surface area contributed by atoms with Crippen LogP contribution >= 0.6 is 0 Å². The van der Waals surface area contributed by atoms with Crippen molar-refractivity contribution in [2.24, 2.45) is 5.92 Å². The number of hydrogen-bond acceptors (Lipinski definition) is 4. The van der Waals surface area contributed by atoms with Gasteiger partial charge in [0.25, 0.3) is 0 Å². The highest BCUT2D eigenvalue weighted by Gasteiger charge is 2.39. The van der Waals surface area contributed by atoms with Crippen LogP contribution in [-0.4, -0.2) is 67.6 Å². The molecule has 172 valence electrons. The summed E-state index contributed by atoms with van der Waals surface area (Å²) < 4.78 is 44.1. The number of carbonyl (C=O) groups is 2. The largest absolute Gasteiger partial charge is 0.416 e. The van der Waals surface area contributed by atoms with E-state index >= 15 is 0 Å². The summed E-state index contributed by atoms with van der Waals surface area (Å²) in [4.78, 5) is 29.1. The van der Waals surface area contributed by atoms with Gasteiger partial charge in [-0.25, -0.2) is 0 Å². The molecule has 0 spiro atoms. The molecule has 3 rings (SSSR count). The lowest BCUT2D eigenvalue weighted by molar-refractivity contribution is -0.142. The number of rotatable bonds is 6. The van der Waals surface area contributed by atoms with E-state index < -0.39 is 23.7 Å². The Morgan fingerprint density at radius 3 is 2.48 bits per heavy atom. The molecule has 31 heavy (non-hydrogen) atoms. The normalized spacial score (nSPS) is 24.2. The zero-order chi connectivity index (χ0) is 22.6. The van der Waals surface area contributed by atoms with Crippen LogP contribution in [0, 0.1) is 5.92 Å². The standard InChI is InChI=1S/C22H30F3N3O3/c1-15(9-10-28-11-13-31-14-12-28)26-21(30)18-7-8-19(29)27(2)20(18)16-3-5-17(6-4-16)22(23,24)25/h3-6,15,18,20H,7-14H2,1-2H3,(H,26,30). The second-order valence-electron chi connectivity index (χ2n) is 8.37. The quantitative estimate of drug-likeness (QED) is 0.738. The molecule has 2 amide bonds. The number of halogens is 3. The van der Waals surface area contributed by atoms with E-state index in [-0.39, 0.29) is 24.3 Å². The Bertz CT molecular complexity index is 764. The molecule has 2 aliphatic heterocycles. The van der Waals surface area contributed by atoms with E-state index in [1.165, 1.54) is 17.0 Å². The highest BCUT2D eigenvalue weighted by Crippen LogP contribution is 2.37. The molecular formula is C22H30F3N3O3. The fraction of sp³-hybridized carbons (Fsp3) is 0.636. The van der Waals surface area contributed by atoms with Gasteiger partial charge >= 0.3 is 6.18 Å². The van der Waals surface area contributed by atoms with Gasteiger partial charge in [0.1, 0.15) is 0 Å². The second-order valence-corrected chi connectivity index (χ2v) is 8.37. The van der Waals surface area contributed by atoms with Gasteiger partial charge < -0.3 is 15.0 Å². The Hall–Kier alpha value is -2.13. The van der Waals surface area contributed by atoms with Crippen molar-refractivity contribution in [1.82, 2.24) is 15.1 Å². The molecule has 9 heteroatoms. The van der Waals surface area contributed by atoms with Crippen molar-refractivity contribution in [2.45, 2.75) is 44.4 Å². The molecule has 0 saturated carbocycles. The summed E-state index contributed by atoms with van der Waals surface area (Å²) in [7, 11) is 1.60. The first-order valence-electron chi connectivity index (χ1n) is 10.7. The van der Waals surface area contributed by atoms with E-state index in [9.17, 15) is 22.8 Å². The number of morpholine rings is 1. The van der Waals surface area contributed by atoms with Gasteiger partial charge in [-0.1, -0.05) is 12.1 Å². The monoisotopic (exact) mass is 441 g/mol. The first kappa shape index (κ1) is 23.5. The zero-order valence-electron chi connectivity index (χ0n) is 18.0. The van der Waals surface area contributed by atoms with Crippen molar-refractivity contribution in [3.63, 3.8) is 0 Å². The van der Waals surface area contributed by atoms with Gasteiger partial charge in [-0.2, -0.15) is 13.2 Å². The maximum atomic E-state index is 13.1. The molecule has 0 aliphatic carbocycles. The molecule has 1 aromatic carbocycles. The summed E-state index contributed by atoms with van der Waals surface area (Å²) in [5, 5.41) is 3.05. The molecule has 2 saturated heterocycles. The molecule has 3 atom stereocenters. The number of hydrogen-bond donors (Lipinski definition) is 1. The van der Waals surface area contributed by atoms with Gasteiger partial charge in [-0.05, 0) is 37.5 Å². The number of piperidine rings is 1. The molecule has 2 fully saturated rings. The van der Waals surface area contributed by atoms with E-state index in [4.69, 9.17) is 4.74 Å². The van der Waals surface area contributed by atoms with Gasteiger partial charge in [0.2, 0.25) is 11.8 Å². The molecule has 2 heterocycles. The summed E-state index contributed by atoms with van der Waals surface area (Å²) in [5.74, 6) is -0.793. The number of likely N-dealkylation sites (tertiary alicyclic amines) is 1. The molecule has 0 bridgehead atoms. The molecular weight excluding hydrogens is 411 g/mol. The summed E-state index contributed by atoms with van der Waals surface area (Å²) in [6, 6.07) is 4.10. The summed E-state index contributed by atoms with van der Waals surface area (Å²) >= 11 is 0. The topological polar surface area (TPSA) is 61.9 Å². The van der Waals surface area contributed by atoms with Crippen molar-refractivity contribution in [3.8, 4) is 0 Å². The van der Waals surface area contributed by atoms with Crippen LogP contribution in [0.1, 0.15) is 43.4 Å². The summed E-state index contributed by atoms with van der Waals surface area (Å²) in [5.41, 5.74) is -0.219. The number of amides is 2. The summed E-state index contributed by atoms with van der Waals surface area (Å²) in [6.07, 6.45) is -3.03. The number of benzene rings is 1. The Labute approximate surface area is 180 Å². The van der Waals surface area contributed by atoms with Gasteiger partial charge in [0.15, 0.2) is 0 Å². The van der Waals surface area contributed by atoms with E-state index in [2.05, 4.69) is 10.2 Å². The van der Waals surface area contributed by atoms with Crippen LogP contribution in [0.15, 0.2) is 24.3 Å². The summed E-state index contributed by atoms with van der Waals surface area (Å²) in [6.45, 7) is 6.01. The maximum Gasteiger partial charge on any atom is 0.416 e. The number of nitrogens with one attached hydrogen (secondary N) is 1. The first-order chi connectivity index (χ1) is 14.7. The van der Waals surface area contributed by atoms with E-state index in [1.54, 1.807) is 7.05 Å². The average Bonchev–Trinajstić information content (AvgIpc) is 2.74. The van der Waals surface area contributed by atoms with Crippen molar-refractivity contribution in [3.05, 3.63) is 35.4 Å². The number of ether oxygens (including phenoxy) is 1. The Morgan fingerprint density at radius 2 is 1.87 bits per heavy atom. The smallest absolute Gasteiger partial charge is 0.379 e. The van der Waals surface area contributed by atoms with Gasteiger partial charge in [0.05, 0.1) is 30.7 Å². The third kappa shape index (κ3) is 5.98. The molecule has 2 aliphatic rings. The minimum absolute atomic E-state index is 0.0495.